The lowest BCUT2D eigenvalue weighted by atomic mass is 10.5. The molecule has 0 saturated carbocycles. The summed E-state index contributed by atoms with van der Waals surface area (Å²) in [6.45, 7) is 1.77. The van der Waals surface area contributed by atoms with Crippen LogP contribution < -0.4 is 5.32 Å². The lowest BCUT2D eigenvalue weighted by Gasteiger charge is -2.00. The van der Waals surface area contributed by atoms with Gasteiger partial charge in [-0.1, -0.05) is 0 Å². The summed E-state index contributed by atoms with van der Waals surface area (Å²) in [5, 5.41) is 11.3. The molecule has 0 saturated heterocycles. The van der Waals surface area contributed by atoms with Crippen molar-refractivity contribution < 1.29 is 14.3 Å². The van der Waals surface area contributed by atoms with Crippen molar-refractivity contribution in [2.75, 3.05) is 11.9 Å². The molecule has 78 valence electrons. The molecular formula is C9H8N2O3S. The van der Waals surface area contributed by atoms with Crippen LogP contribution in [0.15, 0.2) is 12.1 Å². The van der Waals surface area contributed by atoms with Crippen molar-refractivity contribution in [2.45, 2.75) is 6.92 Å². The molecule has 0 aromatic carbocycles. The first-order chi connectivity index (χ1) is 7.17. The third kappa shape index (κ3) is 3.07. The number of carbonyl (C=O) groups excluding carboxylic acids is 2. The lowest BCUT2D eigenvalue weighted by Crippen LogP contribution is -2.24. The fraction of sp³-hybridized carbons (Fsp3) is 0.222. The zero-order valence-electron chi connectivity index (χ0n) is 7.94. The molecule has 1 amide bonds. The highest BCUT2D eigenvalue weighted by Gasteiger charge is 2.15. The number of ether oxygens (including phenoxy) is 1. The van der Waals surface area contributed by atoms with Crippen LogP contribution in [-0.2, 0) is 14.3 Å². The maximum absolute atomic E-state index is 11.1. The number of amides is 1. The van der Waals surface area contributed by atoms with Crippen LogP contribution in [0.4, 0.5) is 5.00 Å². The summed E-state index contributed by atoms with van der Waals surface area (Å²) in [7, 11) is 0. The van der Waals surface area contributed by atoms with Crippen molar-refractivity contribution in [3.8, 4) is 6.07 Å². The summed E-state index contributed by atoms with van der Waals surface area (Å²) in [4.78, 5) is 22.5. The molecule has 1 N–H and O–H groups in total. The molecule has 15 heavy (non-hydrogen) atoms. The van der Waals surface area contributed by atoms with Crippen molar-refractivity contribution >= 4 is 28.2 Å². The molecule has 1 aromatic heterocycles. The molecule has 1 rings (SSSR count). The summed E-state index contributed by atoms with van der Waals surface area (Å²) < 4.78 is 4.50. The number of rotatable bonds is 2. The van der Waals surface area contributed by atoms with E-state index in [1.807, 2.05) is 6.07 Å². The molecule has 0 aliphatic rings. The predicted octanol–water partition coefficient (Wildman–Crippen LogP) is 1.12. The highest BCUT2D eigenvalue weighted by molar-refractivity contribution is 7.16. The number of hydrogen-bond acceptors (Lipinski definition) is 5. The fourth-order valence-corrected chi connectivity index (χ4v) is 1.52. The van der Waals surface area contributed by atoms with Gasteiger partial charge in [0.15, 0.2) is 0 Å². The van der Waals surface area contributed by atoms with Crippen LogP contribution in [-0.4, -0.2) is 18.5 Å². The maximum Gasteiger partial charge on any atom is 0.397 e. The first-order valence-electron chi connectivity index (χ1n) is 4.15. The Hall–Kier alpha value is -1.87. The maximum atomic E-state index is 11.1. The van der Waals surface area contributed by atoms with E-state index in [9.17, 15) is 9.59 Å². The molecule has 6 heteroatoms. The molecule has 1 aromatic rings. The van der Waals surface area contributed by atoms with Gasteiger partial charge in [-0.05, 0) is 19.1 Å². The summed E-state index contributed by atoms with van der Waals surface area (Å²) >= 11 is 1.10. The summed E-state index contributed by atoms with van der Waals surface area (Å²) in [5.74, 6) is -1.76. The zero-order valence-corrected chi connectivity index (χ0v) is 8.76. The Morgan fingerprint density at radius 2 is 2.33 bits per heavy atom. The normalized spacial score (nSPS) is 9.07. The van der Waals surface area contributed by atoms with Gasteiger partial charge in [-0.2, -0.15) is 5.26 Å². The largest absolute Gasteiger partial charge is 0.459 e. The molecule has 0 bridgehead atoms. The molecule has 5 nitrogen and oxygen atoms in total. The Bertz CT molecular complexity index is 419. The highest BCUT2D eigenvalue weighted by atomic mass is 32.1. The van der Waals surface area contributed by atoms with Crippen LogP contribution in [0.2, 0.25) is 0 Å². The van der Waals surface area contributed by atoms with Crippen LogP contribution in [0, 0.1) is 11.3 Å². The second-order valence-electron chi connectivity index (χ2n) is 2.45. The lowest BCUT2D eigenvalue weighted by molar-refractivity contribution is -0.152. The van der Waals surface area contributed by atoms with E-state index in [1.54, 1.807) is 19.1 Å². The number of hydrogen-bond donors (Lipinski definition) is 1. The van der Waals surface area contributed by atoms with Gasteiger partial charge in [-0.3, -0.25) is 4.79 Å². The molecule has 0 radical (unpaired) electrons. The van der Waals surface area contributed by atoms with Gasteiger partial charge in [0.25, 0.3) is 0 Å². The molecule has 0 unspecified atom stereocenters. The van der Waals surface area contributed by atoms with Crippen LogP contribution >= 0.6 is 11.3 Å². The van der Waals surface area contributed by atoms with E-state index < -0.39 is 11.9 Å². The molecule has 1 heterocycles. The summed E-state index contributed by atoms with van der Waals surface area (Å²) in [5.41, 5.74) is 0. The second-order valence-corrected chi connectivity index (χ2v) is 3.53. The number of nitrogens with zero attached hydrogens (tertiary/aromatic N) is 1. The van der Waals surface area contributed by atoms with Gasteiger partial charge in [-0.15, -0.1) is 11.3 Å². The van der Waals surface area contributed by atoms with Crippen molar-refractivity contribution in [1.29, 1.82) is 5.26 Å². The Morgan fingerprint density at radius 3 is 2.87 bits per heavy atom. The third-order valence-corrected chi connectivity index (χ3v) is 2.32. The van der Waals surface area contributed by atoms with E-state index in [1.165, 1.54) is 0 Å². The van der Waals surface area contributed by atoms with Gasteiger partial charge in [0.05, 0.1) is 11.6 Å². The van der Waals surface area contributed by atoms with E-state index >= 15 is 0 Å². The average Bonchev–Trinajstić information content (AvgIpc) is 2.66. The molecule has 0 atom stereocenters. The quantitative estimate of drug-likeness (QED) is 0.603. The minimum atomic E-state index is -0.926. The van der Waals surface area contributed by atoms with Crippen LogP contribution in [0.3, 0.4) is 0 Å². The number of nitriles is 1. The second kappa shape index (κ2) is 5.12. The minimum Gasteiger partial charge on any atom is -0.459 e. The molecular weight excluding hydrogens is 216 g/mol. The molecule has 0 fully saturated rings. The fourth-order valence-electron chi connectivity index (χ4n) is 0.825. The first-order valence-corrected chi connectivity index (χ1v) is 4.97. The van der Waals surface area contributed by atoms with E-state index in [-0.39, 0.29) is 6.61 Å². The van der Waals surface area contributed by atoms with E-state index in [0.717, 1.165) is 11.3 Å². The number of nitrogens with one attached hydrogen (secondary N) is 1. The number of thiophene rings is 1. The van der Waals surface area contributed by atoms with Crippen molar-refractivity contribution in [3.63, 3.8) is 0 Å². The van der Waals surface area contributed by atoms with Gasteiger partial charge in [0.1, 0.15) is 10.9 Å². The number of carbonyl (C=O) groups is 2. The van der Waals surface area contributed by atoms with Gasteiger partial charge >= 0.3 is 11.9 Å². The Balaban J connectivity index is 2.59. The van der Waals surface area contributed by atoms with Crippen LogP contribution in [0.1, 0.15) is 11.8 Å². The van der Waals surface area contributed by atoms with E-state index in [0.29, 0.717) is 9.88 Å². The topological polar surface area (TPSA) is 79.2 Å². The Morgan fingerprint density at radius 1 is 1.60 bits per heavy atom. The highest BCUT2D eigenvalue weighted by Crippen LogP contribution is 2.20. The molecule has 0 aliphatic heterocycles. The Labute approximate surface area is 90.3 Å². The zero-order chi connectivity index (χ0) is 11.3. The van der Waals surface area contributed by atoms with Gasteiger partial charge in [0, 0.05) is 0 Å². The number of anilines is 1. The summed E-state index contributed by atoms with van der Waals surface area (Å²) in [6.07, 6.45) is 0. The standard InChI is InChI=1S/C9H8N2O3S/c1-2-14-9(13)8(12)11-7-4-3-6(5-10)15-7/h3-4H,2H2,1H3,(H,11,12). The smallest absolute Gasteiger partial charge is 0.397 e. The van der Waals surface area contributed by atoms with Gasteiger partial charge in [-0.25, -0.2) is 4.79 Å². The van der Waals surface area contributed by atoms with E-state index in [4.69, 9.17) is 5.26 Å². The Kier molecular flexibility index (Phi) is 3.83. The van der Waals surface area contributed by atoms with Gasteiger partial charge < -0.3 is 10.1 Å². The third-order valence-electron chi connectivity index (χ3n) is 1.41. The predicted molar refractivity (Wildman–Crippen MR) is 54.3 cm³/mol. The van der Waals surface area contributed by atoms with E-state index in [2.05, 4.69) is 10.1 Å². The minimum absolute atomic E-state index is 0.153. The summed E-state index contributed by atoms with van der Waals surface area (Å²) in [6, 6.07) is 5.04. The van der Waals surface area contributed by atoms with Crippen molar-refractivity contribution in [1.82, 2.24) is 0 Å². The average molecular weight is 224 g/mol. The SMILES string of the molecule is CCOC(=O)C(=O)Nc1ccc(C#N)s1. The molecule has 0 aliphatic carbocycles. The molecule has 0 spiro atoms. The van der Waals surface area contributed by atoms with Crippen molar-refractivity contribution in [3.05, 3.63) is 17.0 Å². The number of esters is 1. The monoisotopic (exact) mass is 224 g/mol. The van der Waals surface area contributed by atoms with Crippen LogP contribution in [0.25, 0.3) is 0 Å². The van der Waals surface area contributed by atoms with Gasteiger partial charge in [0.2, 0.25) is 0 Å². The van der Waals surface area contributed by atoms with Crippen molar-refractivity contribution in [2.24, 2.45) is 0 Å². The van der Waals surface area contributed by atoms with Crippen LogP contribution in [0.5, 0.6) is 0 Å². The first kappa shape index (κ1) is 11.2.